The number of aryl methyl sites for hydroxylation is 1. The van der Waals surface area contributed by atoms with Crippen molar-refractivity contribution in [2.24, 2.45) is 0 Å². The molecule has 0 saturated heterocycles. The minimum atomic E-state index is 0.478. The molecule has 0 atom stereocenters. The van der Waals surface area contributed by atoms with E-state index in [0.29, 0.717) is 40.3 Å². The van der Waals surface area contributed by atoms with Gasteiger partial charge in [-0.3, -0.25) is 0 Å². The van der Waals surface area contributed by atoms with Crippen molar-refractivity contribution < 1.29 is 9.47 Å². The minimum Gasteiger partial charge on any atom is -0.486 e. The highest BCUT2D eigenvalue weighted by Crippen LogP contribution is 2.39. The van der Waals surface area contributed by atoms with E-state index in [9.17, 15) is 5.26 Å². The number of fused-ring (bicyclic) bond motifs is 1. The maximum atomic E-state index is 9.32. The fourth-order valence-corrected chi connectivity index (χ4v) is 3.04. The Morgan fingerprint density at radius 3 is 2.95 bits per heavy atom. The zero-order valence-electron chi connectivity index (χ0n) is 11.2. The molecule has 1 aliphatic rings. The third-order valence-corrected chi connectivity index (χ3v) is 4.17. The number of nitriles is 1. The van der Waals surface area contributed by atoms with Crippen molar-refractivity contribution in [3.05, 3.63) is 38.8 Å². The Kier molecular flexibility index (Phi) is 3.82. The quantitative estimate of drug-likeness (QED) is 0.787. The highest BCUT2D eigenvalue weighted by molar-refractivity contribution is 7.11. The average Bonchev–Trinajstić information content (AvgIpc) is 2.91. The largest absolute Gasteiger partial charge is 0.486 e. The van der Waals surface area contributed by atoms with Crippen LogP contribution in [0.15, 0.2) is 17.5 Å². The van der Waals surface area contributed by atoms with E-state index in [1.165, 1.54) is 11.3 Å². The lowest BCUT2D eigenvalue weighted by molar-refractivity contribution is 0.171. The standard InChI is InChI=1S/C15H11ClN2O2S/c1-9-8-21-15(18-9)11(7-17)4-10-5-12(16)14-13(6-10)19-2-3-20-14/h4-6,8H,2-3H2,1H3/b11-4+. The highest BCUT2D eigenvalue weighted by Gasteiger charge is 2.16. The first-order chi connectivity index (χ1) is 10.2. The maximum absolute atomic E-state index is 9.32. The van der Waals surface area contributed by atoms with Crippen LogP contribution in [-0.2, 0) is 0 Å². The van der Waals surface area contributed by atoms with Crippen LogP contribution >= 0.6 is 22.9 Å². The summed E-state index contributed by atoms with van der Waals surface area (Å²) in [5, 5.41) is 12.4. The molecule has 2 heterocycles. The molecular formula is C15H11ClN2O2S. The van der Waals surface area contributed by atoms with Crippen LogP contribution in [0.4, 0.5) is 0 Å². The molecule has 1 aromatic heterocycles. The second-order valence-electron chi connectivity index (χ2n) is 4.49. The number of hydrogen-bond acceptors (Lipinski definition) is 5. The molecule has 2 aromatic rings. The number of nitrogens with zero attached hydrogens (tertiary/aromatic N) is 2. The van der Waals surface area contributed by atoms with Gasteiger partial charge in [0.25, 0.3) is 0 Å². The van der Waals surface area contributed by atoms with Gasteiger partial charge >= 0.3 is 0 Å². The van der Waals surface area contributed by atoms with E-state index in [1.807, 2.05) is 18.4 Å². The van der Waals surface area contributed by atoms with E-state index >= 15 is 0 Å². The number of hydrogen-bond donors (Lipinski definition) is 0. The van der Waals surface area contributed by atoms with Crippen LogP contribution in [0.2, 0.25) is 5.02 Å². The van der Waals surface area contributed by atoms with Crippen LogP contribution in [0.5, 0.6) is 11.5 Å². The fourth-order valence-electron chi connectivity index (χ4n) is 2.00. The van der Waals surface area contributed by atoms with E-state index in [1.54, 1.807) is 12.1 Å². The SMILES string of the molecule is Cc1csc(/C(C#N)=C/c2cc(Cl)c3c(c2)OCCO3)n1. The summed E-state index contributed by atoms with van der Waals surface area (Å²) in [7, 11) is 0. The van der Waals surface area contributed by atoms with Gasteiger partial charge in [-0.2, -0.15) is 5.26 Å². The summed E-state index contributed by atoms with van der Waals surface area (Å²) in [6, 6.07) is 5.75. The van der Waals surface area contributed by atoms with Crippen LogP contribution in [0.25, 0.3) is 11.6 Å². The van der Waals surface area contributed by atoms with Gasteiger partial charge < -0.3 is 9.47 Å². The first kappa shape index (κ1) is 13.9. The monoisotopic (exact) mass is 318 g/mol. The summed E-state index contributed by atoms with van der Waals surface area (Å²) in [6.45, 7) is 2.88. The highest BCUT2D eigenvalue weighted by atomic mass is 35.5. The summed E-state index contributed by atoms with van der Waals surface area (Å²) in [5.41, 5.74) is 2.19. The third kappa shape index (κ3) is 2.87. The van der Waals surface area contributed by atoms with Gasteiger partial charge in [0, 0.05) is 11.1 Å². The van der Waals surface area contributed by atoms with Crippen LogP contribution in [0.1, 0.15) is 16.3 Å². The number of aromatic nitrogens is 1. The second kappa shape index (κ2) is 5.76. The average molecular weight is 319 g/mol. The Balaban J connectivity index is 2.02. The number of rotatable bonds is 2. The molecule has 0 unspecified atom stereocenters. The van der Waals surface area contributed by atoms with Crippen LogP contribution < -0.4 is 9.47 Å². The van der Waals surface area contributed by atoms with Gasteiger partial charge in [-0.1, -0.05) is 11.6 Å². The fraction of sp³-hybridized carbons (Fsp3) is 0.200. The summed E-state index contributed by atoms with van der Waals surface area (Å²) in [6.07, 6.45) is 1.75. The van der Waals surface area contributed by atoms with Gasteiger partial charge in [0.1, 0.15) is 24.3 Å². The Morgan fingerprint density at radius 1 is 1.43 bits per heavy atom. The lowest BCUT2D eigenvalue weighted by atomic mass is 10.1. The van der Waals surface area contributed by atoms with Crippen molar-refractivity contribution in [2.75, 3.05) is 13.2 Å². The predicted octanol–water partition coefficient (Wildman–Crippen LogP) is 3.94. The summed E-state index contributed by atoms with van der Waals surface area (Å²) < 4.78 is 11.0. The maximum Gasteiger partial charge on any atom is 0.179 e. The van der Waals surface area contributed by atoms with E-state index in [4.69, 9.17) is 21.1 Å². The second-order valence-corrected chi connectivity index (χ2v) is 5.76. The van der Waals surface area contributed by atoms with Crippen molar-refractivity contribution in [3.63, 3.8) is 0 Å². The summed E-state index contributed by atoms with van der Waals surface area (Å²) in [4.78, 5) is 4.33. The predicted molar refractivity (Wildman–Crippen MR) is 82.8 cm³/mol. The Hall–Kier alpha value is -2.03. The van der Waals surface area contributed by atoms with Crippen molar-refractivity contribution in [1.29, 1.82) is 5.26 Å². The van der Waals surface area contributed by atoms with E-state index < -0.39 is 0 Å². The zero-order valence-corrected chi connectivity index (χ0v) is 12.8. The van der Waals surface area contributed by atoms with Crippen molar-refractivity contribution in [1.82, 2.24) is 4.98 Å². The summed E-state index contributed by atoms with van der Waals surface area (Å²) in [5.74, 6) is 1.16. The first-order valence-corrected chi connectivity index (χ1v) is 7.56. The van der Waals surface area contributed by atoms with Gasteiger partial charge in [-0.05, 0) is 30.7 Å². The first-order valence-electron chi connectivity index (χ1n) is 6.31. The van der Waals surface area contributed by atoms with Gasteiger partial charge in [-0.15, -0.1) is 11.3 Å². The molecule has 0 fully saturated rings. The lowest BCUT2D eigenvalue weighted by Crippen LogP contribution is -2.15. The Bertz CT molecular complexity index is 762. The van der Waals surface area contributed by atoms with Crippen molar-refractivity contribution >= 4 is 34.6 Å². The minimum absolute atomic E-state index is 0.478. The van der Waals surface area contributed by atoms with Gasteiger partial charge in [0.05, 0.1) is 10.6 Å². The third-order valence-electron chi connectivity index (χ3n) is 2.90. The lowest BCUT2D eigenvalue weighted by Gasteiger charge is -2.19. The van der Waals surface area contributed by atoms with Gasteiger partial charge in [0.15, 0.2) is 11.5 Å². The smallest absolute Gasteiger partial charge is 0.179 e. The van der Waals surface area contributed by atoms with Gasteiger partial charge in [-0.25, -0.2) is 4.98 Å². The number of allylic oxidation sites excluding steroid dienone is 1. The molecule has 0 spiro atoms. The van der Waals surface area contributed by atoms with E-state index in [0.717, 1.165) is 11.3 Å². The molecule has 21 heavy (non-hydrogen) atoms. The van der Waals surface area contributed by atoms with Crippen LogP contribution in [-0.4, -0.2) is 18.2 Å². The summed E-state index contributed by atoms with van der Waals surface area (Å²) >= 11 is 7.64. The van der Waals surface area contributed by atoms with Crippen LogP contribution in [0.3, 0.4) is 0 Å². The molecule has 3 rings (SSSR count). The molecule has 1 aliphatic heterocycles. The number of benzene rings is 1. The number of ether oxygens (including phenoxy) is 2. The Morgan fingerprint density at radius 2 is 2.24 bits per heavy atom. The molecule has 4 nitrogen and oxygen atoms in total. The normalized spacial score (nSPS) is 13.9. The van der Waals surface area contributed by atoms with E-state index in [-0.39, 0.29) is 0 Å². The number of halogens is 1. The molecule has 106 valence electrons. The molecule has 0 radical (unpaired) electrons. The number of thiazole rings is 1. The molecule has 0 N–H and O–H groups in total. The van der Waals surface area contributed by atoms with Crippen LogP contribution in [0, 0.1) is 18.3 Å². The zero-order chi connectivity index (χ0) is 14.8. The molecule has 6 heteroatoms. The molecule has 0 aliphatic carbocycles. The van der Waals surface area contributed by atoms with Gasteiger partial charge in [0.2, 0.25) is 0 Å². The molecule has 0 amide bonds. The van der Waals surface area contributed by atoms with Crippen molar-refractivity contribution in [2.45, 2.75) is 6.92 Å². The molecule has 0 saturated carbocycles. The molecular weight excluding hydrogens is 308 g/mol. The Labute approximate surface area is 131 Å². The molecule has 0 bridgehead atoms. The van der Waals surface area contributed by atoms with Crippen molar-refractivity contribution in [3.8, 4) is 17.6 Å². The molecule has 1 aromatic carbocycles. The topological polar surface area (TPSA) is 55.1 Å². The van der Waals surface area contributed by atoms with E-state index in [2.05, 4.69) is 11.1 Å².